The van der Waals surface area contributed by atoms with Gasteiger partial charge in [0.25, 0.3) is 0 Å². The second-order valence-corrected chi connectivity index (χ2v) is 10.6. The summed E-state index contributed by atoms with van der Waals surface area (Å²) in [6.45, 7) is 7.20. The van der Waals surface area contributed by atoms with Gasteiger partial charge in [0.05, 0.1) is 18.1 Å². The lowest BCUT2D eigenvalue weighted by Crippen LogP contribution is -2.47. The quantitative estimate of drug-likeness (QED) is 0.583. The molecule has 1 aromatic heterocycles. The fourth-order valence-corrected chi connectivity index (χ4v) is 6.18. The fourth-order valence-electron chi connectivity index (χ4n) is 4.50. The van der Waals surface area contributed by atoms with E-state index in [1.807, 2.05) is 50.4 Å². The fraction of sp³-hybridized carbons (Fsp3) is 0.417. The first kappa shape index (κ1) is 22.2. The summed E-state index contributed by atoms with van der Waals surface area (Å²) in [6.07, 6.45) is 0. The second-order valence-electron chi connectivity index (χ2n) is 8.70. The first-order valence-corrected chi connectivity index (χ1v) is 12.8. The Morgan fingerprint density at radius 2 is 1.58 bits per heavy atom. The van der Waals surface area contributed by atoms with Crippen LogP contribution in [0.4, 0.5) is 5.82 Å². The smallest absolute Gasteiger partial charge is 0.243 e. The van der Waals surface area contributed by atoms with Gasteiger partial charge in [0, 0.05) is 55.6 Å². The van der Waals surface area contributed by atoms with Crippen LogP contribution in [0.3, 0.4) is 0 Å². The average molecular weight is 468 g/mol. The summed E-state index contributed by atoms with van der Waals surface area (Å²) in [5, 5.41) is 11.1. The van der Waals surface area contributed by atoms with E-state index < -0.39 is 10.0 Å². The van der Waals surface area contributed by atoms with Gasteiger partial charge in [-0.2, -0.15) is 4.31 Å². The number of hydrogen-bond donors (Lipinski definition) is 0. The van der Waals surface area contributed by atoms with E-state index in [0.29, 0.717) is 36.9 Å². The highest BCUT2D eigenvalue weighted by Gasteiger charge is 2.29. The van der Waals surface area contributed by atoms with Gasteiger partial charge in [-0.3, -0.25) is 0 Å². The molecule has 0 N–H and O–H groups in total. The third-order valence-corrected chi connectivity index (χ3v) is 8.56. The first-order valence-electron chi connectivity index (χ1n) is 11.3. The maximum Gasteiger partial charge on any atom is 0.243 e. The van der Waals surface area contributed by atoms with Crippen molar-refractivity contribution in [3.8, 4) is 11.3 Å². The van der Waals surface area contributed by atoms with Crippen LogP contribution < -0.4 is 4.90 Å². The average Bonchev–Trinajstić information content (AvgIpc) is 2.84. The van der Waals surface area contributed by atoms with Gasteiger partial charge in [-0.25, -0.2) is 8.42 Å². The monoisotopic (exact) mass is 467 g/mol. The van der Waals surface area contributed by atoms with Gasteiger partial charge < -0.3 is 14.5 Å². The number of hydrogen-bond acceptors (Lipinski definition) is 7. The van der Waals surface area contributed by atoms with Crippen LogP contribution in [0.15, 0.2) is 47.4 Å². The van der Waals surface area contributed by atoms with Crippen LogP contribution in [0.2, 0.25) is 0 Å². The zero-order chi connectivity index (χ0) is 23.0. The van der Waals surface area contributed by atoms with E-state index in [0.717, 1.165) is 53.9 Å². The van der Waals surface area contributed by atoms with Crippen LogP contribution in [-0.4, -0.2) is 87.4 Å². The zero-order valence-electron chi connectivity index (χ0n) is 19.1. The number of aryl methyl sites for hydroxylation is 1. The van der Waals surface area contributed by atoms with Crippen LogP contribution in [0.25, 0.3) is 22.0 Å². The van der Waals surface area contributed by atoms with Crippen LogP contribution in [0, 0.1) is 6.92 Å². The topological polar surface area (TPSA) is 78.9 Å². The Morgan fingerprint density at radius 1 is 0.879 bits per heavy atom. The summed E-state index contributed by atoms with van der Waals surface area (Å²) in [5.74, 6) is 0.843. The van der Waals surface area contributed by atoms with Crippen molar-refractivity contribution in [2.75, 3.05) is 64.4 Å². The molecule has 3 heterocycles. The van der Waals surface area contributed by atoms with Gasteiger partial charge in [-0.1, -0.05) is 36.4 Å². The lowest BCUT2D eigenvalue weighted by Gasteiger charge is -2.32. The van der Waals surface area contributed by atoms with Crippen molar-refractivity contribution in [2.45, 2.75) is 11.8 Å². The van der Waals surface area contributed by atoms with E-state index in [2.05, 4.69) is 20.0 Å². The second kappa shape index (κ2) is 8.98. The maximum absolute atomic E-state index is 13.5. The third kappa shape index (κ3) is 4.21. The number of sulfonamides is 1. The van der Waals surface area contributed by atoms with Crippen molar-refractivity contribution < 1.29 is 13.2 Å². The summed E-state index contributed by atoms with van der Waals surface area (Å²) >= 11 is 0. The van der Waals surface area contributed by atoms with Crippen LogP contribution in [0.1, 0.15) is 5.56 Å². The predicted octanol–water partition coefficient (Wildman–Crippen LogP) is 2.38. The molecule has 0 radical (unpaired) electrons. The molecule has 5 rings (SSSR count). The van der Waals surface area contributed by atoms with Crippen LogP contribution >= 0.6 is 0 Å². The van der Waals surface area contributed by atoms with Crippen LogP contribution in [0.5, 0.6) is 0 Å². The number of rotatable bonds is 4. The van der Waals surface area contributed by atoms with Gasteiger partial charge >= 0.3 is 0 Å². The number of ether oxygens (including phenoxy) is 1. The summed E-state index contributed by atoms with van der Waals surface area (Å²) in [6, 6.07) is 13.6. The molecule has 0 saturated carbocycles. The molecule has 0 atom stereocenters. The Morgan fingerprint density at radius 3 is 2.30 bits per heavy atom. The minimum atomic E-state index is -3.59. The van der Waals surface area contributed by atoms with E-state index in [-0.39, 0.29) is 0 Å². The van der Waals surface area contributed by atoms with Crippen LogP contribution in [-0.2, 0) is 14.8 Å². The third-order valence-electron chi connectivity index (χ3n) is 6.52. The van der Waals surface area contributed by atoms with Gasteiger partial charge in [0.15, 0.2) is 5.82 Å². The van der Waals surface area contributed by atoms with Gasteiger partial charge in [0.2, 0.25) is 10.0 Å². The van der Waals surface area contributed by atoms with Gasteiger partial charge in [-0.05, 0) is 25.6 Å². The summed E-state index contributed by atoms with van der Waals surface area (Å²) in [5.41, 5.74) is 2.18. The maximum atomic E-state index is 13.5. The molecule has 2 aliphatic heterocycles. The molecule has 3 aromatic rings. The van der Waals surface area contributed by atoms with E-state index in [1.165, 1.54) is 0 Å². The lowest BCUT2D eigenvalue weighted by atomic mass is 10.0. The summed E-state index contributed by atoms with van der Waals surface area (Å²) < 4.78 is 34.0. The molecule has 0 unspecified atom stereocenters. The highest BCUT2D eigenvalue weighted by Crippen LogP contribution is 2.34. The molecule has 33 heavy (non-hydrogen) atoms. The molecule has 0 aliphatic carbocycles. The number of nitrogens with zero attached hydrogens (tertiary/aromatic N) is 5. The minimum absolute atomic E-state index is 0.340. The molecular weight excluding hydrogens is 438 g/mol. The molecule has 2 aliphatic rings. The van der Waals surface area contributed by atoms with Crippen molar-refractivity contribution >= 4 is 26.6 Å². The highest BCUT2D eigenvalue weighted by molar-refractivity contribution is 7.89. The molecule has 2 saturated heterocycles. The molecule has 174 valence electrons. The molecular formula is C24H29N5O3S. The molecule has 2 fully saturated rings. The number of likely N-dealkylation sites (N-methyl/N-ethyl adjacent to an activating group) is 1. The molecule has 9 heteroatoms. The zero-order valence-corrected chi connectivity index (χ0v) is 19.9. The Kier molecular flexibility index (Phi) is 6.05. The lowest BCUT2D eigenvalue weighted by molar-refractivity contribution is 0.122. The van der Waals surface area contributed by atoms with E-state index in [9.17, 15) is 8.42 Å². The number of benzene rings is 2. The number of aromatic nitrogens is 2. The van der Waals surface area contributed by atoms with Crippen molar-refractivity contribution in [1.29, 1.82) is 0 Å². The Balaban J connectivity index is 1.57. The minimum Gasteiger partial charge on any atom is -0.378 e. The van der Waals surface area contributed by atoms with Crippen molar-refractivity contribution in [3.63, 3.8) is 0 Å². The molecule has 0 spiro atoms. The normalized spacial score (nSPS) is 18.7. The Bertz CT molecular complexity index is 1270. The molecule has 2 aromatic carbocycles. The summed E-state index contributed by atoms with van der Waals surface area (Å²) in [4.78, 5) is 4.68. The van der Waals surface area contributed by atoms with E-state index in [1.54, 1.807) is 10.4 Å². The summed E-state index contributed by atoms with van der Waals surface area (Å²) in [7, 11) is -1.57. The van der Waals surface area contributed by atoms with Gasteiger partial charge in [0.1, 0.15) is 5.69 Å². The standard InChI is InChI=1S/C24H29N5O3S/c1-18-7-8-19(17-22(18)33(30,31)29-11-9-27(2)10-12-29)23-20-5-3-4-6-21(20)24(26-25-23)28-13-15-32-16-14-28/h3-8,17H,9-16H2,1-2H3. The number of piperazine rings is 1. The molecule has 0 amide bonds. The van der Waals surface area contributed by atoms with E-state index >= 15 is 0 Å². The molecule has 0 bridgehead atoms. The number of fused-ring (bicyclic) bond motifs is 1. The first-order chi connectivity index (χ1) is 15.9. The highest BCUT2D eigenvalue weighted by atomic mass is 32.2. The Labute approximate surface area is 194 Å². The van der Waals surface area contributed by atoms with E-state index in [4.69, 9.17) is 4.74 Å². The largest absolute Gasteiger partial charge is 0.378 e. The van der Waals surface area contributed by atoms with Crippen molar-refractivity contribution in [1.82, 2.24) is 19.4 Å². The number of anilines is 1. The van der Waals surface area contributed by atoms with Crippen molar-refractivity contribution in [2.24, 2.45) is 0 Å². The number of morpholine rings is 1. The van der Waals surface area contributed by atoms with Gasteiger partial charge in [-0.15, -0.1) is 10.2 Å². The Hall–Kier alpha value is -2.59. The van der Waals surface area contributed by atoms with Crippen molar-refractivity contribution in [3.05, 3.63) is 48.0 Å². The predicted molar refractivity (Wildman–Crippen MR) is 129 cm³/mol. The SMILES string of the molecule is Cc1ccc(-c2nnc(N3CCOCC3)c3ccccc23)cc1S(=O)(=O)N1CCN(C)CC1. The molecule has 8 nitrogen and oxygen atoms in total.